The number of quaternary nitrogens is 1. The quantitative estimate of drug-likeness (QED) is 0.0557. The van der Waals surface area contributed by atoms with Gasteiger partial charge in [0.2, 0.25) is 0 Å². The largest absolute Gasteiger partial charge is 0.544 e. The summed E-state index contributed by atoms with van der Waals surface area (Å²) < 4.78 is 16.7. The fraction of sp³-hybridized carbons (Fsp3) is 0.676. The lowest BCUT2D eigenvalue weighted by Crippen LogP contribution is -2.55. The van der Waals surface area contributed by atoms with Gasteiger partial charge in [0.1, 0.15) is 12.6 Å². The van der Waals surface area contributed by atoms with Gasteiger partial charge in [0.15, 0.2) is 6.10 Å². The van der Waals surface area contributed by atoms with Crippen LogP contribution in [0, 0.1) is 0 Å². The van der Waals surface area contributed by atoms with Crippen LogP contribution in [0.25, 0.3) is 0 Å². The van der Waals surface area contributed by atoms with Crippen LogP contribution in [0.15, 0.2) is 48.6 Å². The van der Waals surface area contributed by atoms with E-state index >= 15 is 0 Å². The maximum Gasteiger partial charge on any atom is 0.306 e. The molecule has 0 N–H and O–H groups in total. The fourth-order valence-electron chi connectivity index (χ4n) is 4.00. The summed E-state index contributed by atoms with van der Waals surface area (Å²) in [6.45, 7) is 4.28. The Morgan fingerprint density at radius 3 is 1.88 bits per heavy atom. The summed E-state index contributed by atoms with van der Waals surface area (Å²) in [5.41, 5.74) is 0. The smallest absolute Gasteiger partial charge is 0.306 e. The van der Waals surface area contributed by atoms with Crippen molar-refractivity contribution in [2.75, 3.05) is 41.0 Å². The number of esters is 2. The molecule has 0 amide bonds. The Kier molecular flexibility index (Phi) is 24.3. The van der Waals surface area contributed by atoms with Gasteiger partial charge in [-0.1, -0.05) is 75.3 Å². The van der Waals surface area contributed by atoms with Gasteiger partial charge in [-0.15, -0.1) is 0 Å². The number of aliphatic carboxylic acids is 1. The number of allylic oxidation sites excluding steroid dienone is 8. The summed E-state index contributed by atoms with van der Waals surface area (Å²) in [5.74, 6) is -1.83. The highest BCUT2D eigenvalue weighted by Crippen LogP contribution is 2.10. The average Bonchev–Trinajstić information content (AvgIpc) is 2.92. The van der Waals surface area contributed by atoms with Crippen LogP contribution in [-0.4, -0.2) is 75.5 Å². The number of hydrogen-bond acceptors (Lipinski definition) is 7. The standard InChI is InChI=1S/C34H57NO7/c1-6-8-10-11-12-13-14-15-16-17-18-19-20-21-23-25-33(37)42-30(29-41-32(36)24-22-9-7-2)28-40-27-26-31(34(38)39)35(3,4)5/h8,10,12-13,15-16,18-19,30-31H,6-7,9,11,14,17,20-29H2,1-5H3/b10-8-,13-12-,16-15-,19-18-. The molecular formula is C34H57NO7. The third-order valence-electron chi connectivity index (χ3n) is 6.48. The summed E-state index contributed by atoms with van der Waals surface area (Å²) in [6.07, 6.45) is 26.4. The van der Waals surface area contributed by atoms with Crippen molar-refractivity contribution in [3.05, 3.63) is 48.6 Å². The fourth-order valence-corrected chi connectivity index (χ4v) is 4.00. The Labute approximate surface area is 255 Å². The maximum absolute atomic E-state index is 12.5. The van der Waals surface area contributed by atoms with Crippen LogP contribution >= 0.6 is 0 Å². The van der Waals surface area contributed by atoms with Crippen LogP contribution in [-0.2, 0) is 28.6 Å². The Balaban J connectivity index is 4.45. The van der Waals surface area contributed by atoms with Gasteiger partial charge in [0.05, 0.1) is 40.3 Å². The monoisotopic (exact) mass is 591 g/mol. The lowest BCUT2D eigenvalue weighted by Gasteiger charge is -2.34. The third-order valence-corrected chi connectivity index (χ3v) is 6.48. The van der Waals surface area contributed by atoms with E-state index in [-0.39, 0.29) is 49.1 Å². The summed E-state index contributed by atoms with van der Waals surface area (Å²) in [6, 6.07) is -0.729. The first kappa shape index (κ1) is 39.3. The summed E-state index contributed by atoms with van der Waals surface area (Å²) >= 11 is 0. The SMILES string of the molecule is CC/C=C\C/C=C\C/C=C\C/C=C\CCCCC(=O)OC(COCCC(C(=O)[O-])[N+](C)(C)C)COC(=O)CCCCC. The first-order valence-corrected chi connectivity index (χ1v) is 15.7. The zero-order valence-electron chi connectivity index (χ0n) is 26.9. The van der Waals surface area contributed by atoms with Gasteiger partial charge in [0, 0.05) is 19.3 Å². The van der Waals surface area contributed by atoms with Gasteiger partial charge in [-0.2, -0.15) is 0 Å². The van der Waals surface area contributed by atoms with Gasteiger partial charge >= 0.3 is 11.9 Å². The molecule has 2 atom stereocenters. The van der Waals surface area contributed by atoms with Crippen molar-refractivity contribution in [2.24, 2.45) is 0 Å². The molecule has 0 saturated heterocycles. The zero-order valence-corrected chi connectivity index (χ0v) is 26.9. The van der Waals surface area contributed by atoms with Crippen LogP contribution in [0.5, 0.6) is 0 Å². The van der Waals surface area contributed by atoms with E-state index in [1.807, 2.05) is 0 Å². The number of carboxylic acid groups (broad SMARTS) is 1. The number of unbranched alkanes of at least 4 members (excludes halogenated alkanes) is 4. The highest BCUT2D eigenvalue weighted by atomic mass is 16.6. The Morgan fingerprint density at radius 2 is 1.31 bits per heavy atom. The van der Waals surface area contributed by atoms with Crippen molar-refractivity contribution in [1.82, 2.24) is 0 Å². The number of carbonyl (C=O) groups is 3. The van der Waals surface area contributed by atoms with Crippen LogP contribution in [0.4, 0.5) is 0 Å². The van der Waals surface area contributed by atoms with Crippen molar-refractivity contribution >= 4 is 17.9 Å². The molecule has 0 heterocycles. The zero-order chi connectivity index (χ0) is 31.5. The van der Waals surface area contributed by atoms with E-state index in [0.717, 1.165) is 57.8 Å². The molecule has 240 valence electrons. The topological polar surface area (TPSA) is 102 Å². The molecule has 0 aliphatic heterocycles. The van der Waals surface area contributed by atoms with Crippen LogP contribution in [0.3, 0.4) is 0 Å². The maximum atomic E-state index is 12.5. The molecule has 0 saturated carbocycles. The predicted octanol–water partition coefficient (Wildman–Crippen LogP) is 5.62. The Bertz CT molecular complexity index is 839. The van der Waals surface area contributed by atoms with Crippen LogP contribution in [0.2, 0.25) is 0 Å². The first-order chi connectivity index (χ1) is 20.1. The minimum atomic E-state index is -1.14. The number of likely N-dealkylation sites (N-methyl/N-ethyl adjacent to an activating group) is 1. The highest BCUT2D eigenvalue weighted by molar-refractivity contribution is 5.70. The molecule has 2 unspecified atom stereocenters. The Morgan fingerprint density at radius 1 is 0.738 bits per heavy atom. The van der Waals surface area contributed by atoms with Gasteiger partial charge in [-0.3, -0.25) is 9.59 Å². The molecule has 0 aromatic rings. The van der Waals surface area contributed by atoms with Gasteiger partial charge in [-0.05, 0) is 51.4 Å². The number of ether oxygens (including phenoxy) is 3. The lowest BCUT2D eigenvalue weighted by molar-refractivity contribution is -0.889. The highest BCUT2D eigenvalue weighted by Gasteiger charge is 2.25. The molecule has 0 aromatic carbocycles. The molecule has 42 heavy (non-hydrogen) atoms. The number of carbonyl (C=O) groups excluding carboxylic acids is 3. The molecular weight excluding hydrogens is 534 g/mol. The molecule has 0 radical (unpaired) electrons. The molecule has 0 aliphatic rings. The minimum absolute atomic E-state index is 0.0207. The molecule has 0 aromatic heterocycles. The van der Waals surface area contributed by atoms with Gasteiger partial charge < -0.3 is 28.6 Å². The predicted molar refractivity (Wildman–Crippen MR) is 166 cm³/mol. The summed E-state index contributed by atoms with van der Waals surface area (Å²) in [5, 5.41) is 11.5. The van der Waals surface area contributed by atoms with Crippen molar-refractivity contribution in [2.45, 2.75) is 109 Å². The van der Waals surface area contributed by atoms with Crippen molar-refractivity contribution < 1.29 is 38.2 Å². The van der Waals surface area contributed by atoms with Crippen molar-refractivity contribution in [3.63, 3.8) is 0 Å². The number of hydrogen-bond donors (Lipinski definition) is 0. The second kappa shape index (κ2) is 26.0. The first-order valence-electron chi connectivity index (χ1n) is 15.7. The molecule has 0 rings (SSSR count). The second-order valence-electron chi connectivity index (χ2n) is 11.3. The molecule has 0 aliphatic carbocycles. The lowest BCUT2D eigenvalue weighted by atomic mass is 10.1. The van der Waals surface area contributed by atoms with E-state index in [4.69, 9.17) is 14.2 Å². The van der Waals surface area contributed by atoms with E-state index in [0.29, 0.717) is 12.8 Å². The Hall–Kier alpha value is -2.71. The summed E-state index contributed by atoms with van der Waals surface area (Å²) in [4.78, 5) is 36.0. The van der Waals surface area contributed by atoms with E-state index in [2.05, 4.69) is 62.5 Å². The van der Waals surface area contributed by atoms with Gasteiger partial charge in [-0.25, -0.2) is 0 Å². The van der Waals surface area contributed by atoms with E-state index in [9.17, 15) is 19.5 Å². The molecule has 0 bridgehead atoms. The number of carboxylic acids is 1. The van der Waals surface area contributed by atoms with E-state index in [1.165, 1.54) is 0 Å². The van der Waals surface area contributed by atoms with E-state index in [1.54, 1.807) is 21.1 Å². The molecule has 0 fully saturated rings. The van der Waals surface area contributed by atoms with Gasteiger partial charge in [0.25, 0.3) is 0 Å². The minimum Gasteiger partial charge on any atom is -0.544 e. The third kappa shape index (κ3) is 23.9. The normalized spacial score (nSPS) is 13.8. The van der Waals surface area contributed by atoms with Crippen LogP contribution in [0.1, 0.15) is 97.3 Å². The number of rotatable bonds is 26. The molecule has 8 nitrogen and oxygen atoms in total. The van der Waals surface area contributed by atoms with Crippen molar-refractivity contribution in [1.29, 1.82) is 0 Å². The molecule has 8 heteroatoms. The average molecular weight is 592 g/mol. The van der Waals surface area contributed by atoms with Crippen molar-refractivity contribution in [3.8, 4) is 0 Å². The summed E-state index contributed by atoms with van der Waals surface area (Å²) in [7, 11) is 5.35. The number of nitrogens with zero attached hydrogens (tertiary/aromatic N) is 1. The van der Waals surface area contributed by atoms with Crippen LogP contribution < -0.4 is 5.11 Å². The molecule has 0 spiro atoms. The van der Waals surface area contributed by atoms with E-state index < -0.39 is 18.1 Å². The second-order valence-corrected chi connectivity index (χ2v) is 11.3.